The van der Waals surface area contributed by atoms with E-state index in [0.29, 0.717) is 30.3 Å². The molecular weight excluding hydrogens is 292 g/mol. The van der Waals surface area contributed by atoms with E-state index in [2.05, 4.69) is 0 Å². The fraction of sp³-hybridized carbons (Fsp3) is 0.167. The van der Waals surface area contributed by atoms with Crippen molar-refractivity contribution in [3.05, 3.63) is 54.3 Å². The van der Waals surface area contributed by atoms with Gasteiger partial charge in [0.15, 0.2) is 5.76 Å². The summed E-state index contributed by atoms with van der Waals surface area (Å²) in [7, 11) is 0. The SMILES string of the molecule is Nc1cccc2c1N(CC(=O)c1cc3ccccc3o1)CCO2. The molecule has 2 heterocycles. The summed E-state index contributed by atoms with van der Waals surface area (Å²) in [6.45, 7) is 1.36. The van der Waals surface area contributed by atoms with E-state index in [4.69, 9.17) is 14.9 Å². The number of fused-ring (bicyclic) bond motifs is 2. The van der Waals surface area contributed by atoms with Crippen molar-refractivity contribution in [1.29, 1.82) is 0 Å². The molecule has 0 atom stereocenters. The number of para-hydroxylation sites is 2. The van der Waals surface area contributed by atoms with Gasteiger partial charge in [-0.25, -0.2) is 0 Å². The Balaban J connectivity index is 1.62. The van der Waals surface area contributed by atoms with Crippen molar-refractivity contribution < 1.29 is 13.9 Å². The van der Waals surface area contributed by atoms with Crippen LogP contribution >= 0.6 is 0 Å². The summed E-state index contributed by atoms with van der Waals surface area (Å²) in [5, 5.41) is 0.928. The average molecular weight is 308 g/mol. The van der Waals surface area contributed by atoms with E-state index in [9.17, 15) is 4.79 Å². The van der Waals surface area contributed by atoms with Crippen molar-refractivity contribution in [3.63, 3.8) is 0 Å². The van der Waals surface area contributed by atoms with Crippen LogP contribution in [0.4, 0.5) is 11.4 Å². The minimum atomic E-state index is -0.0719. The number of nitrogen functional groups attached to an aromatic ring is 1. The largest absolute Gasteiger partial charge is 0.489 e. The van der Waals surface area contributed by atoms with Gasteiger partial charge in [0.05, 0.1) is 18.8 Å². The number of benzene rings is 2. The summed E-state index contributed by atoms with van der Waals surface area (Å²) in [5.41, 5.74) is 8.16. The standard InChI is InChI=1S/C18H16N2O3/c19-13-5-3-7-16-18(13)20(8-9-22-16)11-14(21)17-10-12-4-1-2-6-15(12)23-17/h1-7,10H,8-9,11,19H2. The van der Waals surface area contributed by atoms with Gasteiger partial charge in [0.25, 0.3) is 0 Å². The van der Waals surface area contributed by atoms with Crippen LogP contribution in [0.1, 0.15) is 10.6 Å². The molecule has 5 nitrogen and oxygen atoms in total. The summed E-state index contributed by atoms with van der Waals surface area (Å²) in [5.74, 6) is 1.01. The van der Waals surface area contributed by atoms with Gasteiger partial charge < -0.3 is 19.8 Å². The maximum absolute atomic E-state index is 12.6. The van der Waals surface area contributed by atoms with Crippen LogP contribution in [-0.2, 0) is 0 Å². The summed E-state index contributed by atoms with van der Waals surface area (Å²) < 4.78 is 11.3. The second-order valence-corrected chi connectivity index (χ2v) is 5.54. The molecule has 116 valence electrons. The van der Waals surface area contributed by atoms with Gasteiger partial charge in [-0.3, -0.25) is 4.79 Å². The molecule has 0 radical (unpaired) electrons. The Bertz CT molecular complexity index is 852. The molecule has 23 heavy (non-hydrogen) atoms. The fourth-order valence-corrected chi connectivity index (χ4v) is 2.90. The van der Waals surface area contributed by atoms with Gasteiger partial charge in [-0.15, -0.1) is 0 Å². The molecular formula is C18H16N2O3. The minimum Gasteiger partial charge on any atom is -0.489 e. The molecule has 0 spiro atoms. The molecule has 5 heteroatoms. The number of anilines is 2. The zero-order chi connectivity index (χ0) is 15.8. The van der Waals surface area contributed by atoms with Crippen LogP contribution in [-0.4, -0.2) is 25.5 Å². The Hall–Kier alpha value is -2.95. The molecule has 0 unspecified atom stereocenters. The van der Waals surface area contributed by atoms with Crippen molar-refractivity contribution in [2.24, 2.45) is 0 Å². The number of rotatable bonds is 3. The van der Waals surface area contributed by atoms with Crippen LogP contribution in [0.3, 0.4) is 0 Å². The first-order valence-electron chi connectivity index (χ1n) is 7.50. The quantitative estimate of drug-likeness (QED) is 0.595. The van der Waals surface area contributed by atoms with Crippen LogP contribution < -0.4 is 15.4 Å². The monoisotopic (exact) mass is 308 g/mol. The highest BCUT2D eigenvalue weighted by Crippen LogP contribution is 2.36. The lowest BCUT2D eigenvalue weighted by Crippen LogP contribution is -2.37. The number of carbonyl (C=O) groups is 1. The van der Waals surface area contributed by atoms with E-state index in [-0.39, 0.29) is 12.3 Å². The van der Waals surface area contributed by atoms with E-state index in [1.807, 2.05) is 47.4 Å². The minimum absolute atomic E-state index is 0.0719. The number of nitrogens with zero attached hydrogens (tertiary/aromatic N) is 1. The highest BCUT2D eigenvalue weighted by atomic mass is 16.5. The second kappa shape index (κ2) is 5.35. The first kappa shape index (κ1) is 13.7. The Kier molecular flexibility index (Phi) is 3.19. The molecule has 0 saturated heterocycles. The van der Waals surface area contributed by atoms with Crippen molar-refractivity contribution in [3.8, 4) is 5.75 Å². The Morgan fingerprint density at radius 3 is 2.91 bits per heavy atom. The lowest BCUT2D eigenvalue weighted by molar-refractivity contribution is 0.0973. The van der Waals surface area contributed by atoms with E-state index in [1.54, 1.807) is 6.07 Å². The fourth-order valence-electron chi connectivity index (χ4n) is 2.90. The first-order valence-corrected chi connectivity index (χ1v) is 7.50. The number of carbonyl (C=O) groups excluding carboxylic acids is 1. The van der Waals surface area contributed by atoms with Crippen molar-refractivity contribution in [2.75, 3.05) is 30.3 Å². The summed E-state index contributed by atoms with van der Waals surface area (Å²) in [6.07, 6.45) is 0. The number of furan rings is 1. The Morgan fingerprint density at radius 1 is 1.17 bits per heavy atom. The zero-order valence-electron chi connectivity index (χ0n) is 12.5. The van der Waals surface area contributed by atoms with Crippen LogP contribution in [0.5, 0.6) is 5.75 Å². The summed E-state index contributed by atoms with van der Waals surface area (Å²) in [4.78, 5) is 14.5. The predicted octanol–water partition coefficient (Wildman–Crippen LogP) is 3.10. The lowest BCUT2D eigenvalue weighted by Gasteiger charge is -2.31. The molecule has 4 rings (SSSR count). The van der Waals surface area contributed by atoms with Gasteiger partial charge in [-0.2, -0.15) is 0 Å². The van der Waals surface area contributed by atoms with E-state index in [1.165, 1.54) is 0 Å². The van der Waals surface area contributed by atoms with E-state index >= 15 is 0 Å². The Morgan fingerprint density at radius 2 is 2.04 bits per heavy atom. The Labute approximate surface area is 133 Å². The van der Waals surface area contributed by atoms with Crippen molar-refractivity contribution in [1.82, 2.24) is 0 Å². The number of ether oxygens (including phenoxy) is 1. The maximum Gasteiger partial charge on any atom is 0.217 e. The van der Waals surface area contributed by atoms with E-state index in [0.717, 1.165) is 16.7 Å². The second-order valence-electron chi connectivity index (χ2n) is 5.54. The number of nitrogens with two attached hydrogens (primary N) is 1. The summed E-state index contributed by atoms with van der Waals surface area (Å²) in [6, 6.07) is 14.9. The van der Waals surface area contributed by atoms with Crippen LogP contribution in [0.25, 0.3) is 11.0 Å². The number of ketones is 1. The van der Waals surface area contributed by atoms with Gasteiger partial charge in [0.1, 0.15) is 23.6 Å². The molecule has 0 bridgehead atoms. The number of hydrogen-bond acceptors (Lipinski definition) is 5. The molecule has 1 aliphatic heterocycles. The van der Waals surface area contributed by atoms with Crippen molar-refractivity contribution >= 4 is 28.1 Å². The number of hydrogen-bond donors (Lipinski definition) is 1. The third-order valence-electron chi connectivity index (χ3n) is 4.00. The normalized spacial score (nSPS) is 13.7. The topological polar surface area (TPSA) is 68.7 Å². The van der Waals surface area contributed by atoms with Gasteiger partial charge in [-0.1, -0.05) is 24.3 Å². The average Bonchev–Trinajstić information content (AvgIpc) is 2.99. The van der Waals surface area contributed by atoms with Crippen LogP contribution in [0, 0.1) is 0 Å². The highest BCUT2D eigenvalue weighted by molar-refractivity contribution is 6.00. The third-order valence-corrected chi connectivity index (χ3v) is 4.00. The number of Topliss-reactive ketones (excluding diaryl/α,β-unsaturated/α-hetero) is 1. The van der Waals surface area contributed by atoms with Crippen LogP contribution in [0.2, 0.25) is 0 Å². The van der Waals surface area contributed by atoms with Gasteiger partial charge in [-0.05, 0) is 24.3 Å². The lowest BCUT2D eigenvalue weighted by atomic mass is 10.1. The summed E-state index contributed by atoms with van der Waals surface area (Å²) >= 11 is 0. The van der Waals surface area contributed by atoms with Gasteiger partial charge >= 0.3 is 0 Å². The van der Waals surface area contributed by atoms with E-state index < -0.39 is 0 Å². The maximum atomic E-state index is 12.6. The van der Waals surface area contributed by atoms with Crippen LogP contribution in [0.15, 0.2) is 52.9 Å². The predicted molar refractivity (Wildman–Crippen MR) is 89.1 cm³/mol. The van der Waals surface area contributed by atoms with Gasteiger partial charge in [0.2, 0.25) is 5.78 Å². The molecule has 2 N–H and O–H groups in total. The molecule has 0 fully saturated rings. The van der Waals surface area contributed by atoms with Crippen molar-refractivity contribution in [2.45, 2.75) is 0 Å². The first-order chi connectivity index (χ1) is 11.2. The smallest absolute Gasteiger partial charge is 0.217 e. The molecule has 3 aromatic rings. The molecule has 0 saturated carbocycles. The molecule has 1 aromatic heterocycles. The third kappa shape index (κ3) is 2.40. The molecule has 2 aromatic carbocycles. The molecule has 0 aliphatic carbocycles. The zero-order valence-corrected chi connectivity index (χ0v) is 12.5. The molecule has 1 aliphatic rings. The highest BCUT2D eigenvalue weighted by Gasteiger charge is 2.24. The molecule has 0 amide bonds. The van der Waals surface area contributed by atoms with Gasteiger partial charge in [0, 0.05) is 5.39 Å².